The molecule has 1 saturated heterocycles. The van der Waals surface area contributed by atoms with Crippen LogP contribution in [0.4, 0.5) is 4.79 Å². The van der Waals surface area contributed by atoms with E-state index < -0.39 is 5.60 Å². The van der Waals surface area contributed by atoms with Gasteiger partial charge in [0.15, 0.2) is 0 Å². The average molecular weight is 268 g/mol. The summed E-state index contributed by atoms with van der Waals surface area (Å²) >= 11 is 0. The molecule has 0 radical (unpaired) electrons. The largest absolute Gasteiger partial charge is 0.444 e. The van der Waals surface area contributed by atoms with Crippen molar-refractivity contribution in [2.24, 2.45) is 5.92 Å². The quantitative estimate of drug-likeness (QED) is 0.832. The number of nitrogens with one attached hydrogen (secondary N) is 1. The Morgan fingerprint density at radius 2 is 1.89 bits per heavy atom. The van der Waals surface area contributed by atoms with Crippen molar-refractivity contribution < 1.29 is 14.3 Å². The number of hydrogen-bond acceptors (Lipinski definition) is 3. The maximum Gasteiger partial charge on any atom is 0.410 e. The average Bonchev–Trinajstić information content (AvgIpc) is 2.69. The minimum absolute atomic E-state index is 0.0758. The van der Waals surface area contributed by atoms with Gasteiger partial charge in [-0.3, -0.25) is 4.79 Å². The molecule has 1 aliphatic heterocycles. The molecule has 1 saturated carbocycles. The summed E-state index contributed by atoms with van der Waals surface area (Å²) in [5, 5.41) is 3.05. The van der Waals surface area contributed by atoms with Crippen LogP contribution in [0.5, 0.6) is 0 Å². The molecule has 2 amide bonds. The van der Waals surface area contributed by atoms with Gasteiger partial charge in [-0.25, -0.2) is 4.79 Å². The molecule has 1 atom stereocenters. The lowest BCUT2D eigenvalue weighted by atomic mass is 9.92. The van der Waals surface area contributed by atoms with Gasteiger partial charge in [0.2, 0.25) is 5.91 Å². The number of carbonyl (C=O) groups is 2. The van der Waals surface area contributed by atoms with Crippen LogP contribution >= 0.6 is 0 Å². The van der Waals surface area contributed by atoms with Gasteiger partial charge in [0.25, 0.3) is 0 Å². The van der Waals surface area contributed by atoms with E-state index in [1.165, 1.54) is 6.42 Å². The Morgan fingerprint density at radius 1 is 1.21 bits per heavy atom. The highest BCUT2D eigenvalue weighted by Gasteiger charge is 2.34. The predicted molar refractivity (Wildman–Crippen MR) is 71.7 cm³/mol. The Hall–Kier alpha value is -1.26. The van der Waals surface area contributed by atoms with Gasteiger partial charge >= 0.3 is 6.09 Å². The smallest absolute Gasteiger partial charge is 0.410 e. The number of carbonyl (C=O) groups excluding carboxylic acids is 2. The monoisotopic (exact) mass is 268 g/mol. The second kappa shape index (κ2) is 5.39. The van der Waals surface area contributed by atoms with E-state index in [2.05, 4.69) is 5.32 Å². The summed E-state index contributed by atoms with van der Waals surface area (Å²) in [7, 11) is 0. The van der Waals surface area contributed by atoms with Crippen molar-refractivity contribution in [3.8, 4) is 0 Å². The van der Waals surface area contributed by atoms with Crippen LogP contribution < -0.4 is 5.32 Å². The fourth-order valence-corrected chi connectivity index (χ4v) is 2.34. The zero-order valence-electron chi connectivity index (χ0n) is 12.1. The van der Waals surface area contributed by atoms with Gasteiger partial charge in [-0.1, -0.05) is 0 Å². The molecule has 1 N–H and O–H groups in total. The van der Waals surface area contributed by atoms with Crippen molar-refractivity contribution in [1.29, 1.82) is 0 Å². The van der Waals surface area contributed by atoms with Crippen LogP contribution in [0.15, 0.2) is 0 Å². The molecule has 1 unspecified atom stereocenters. The molecule has 2 rings (SSSR count). The molecule has 1 aliphatic carbocycles. The second-order valence-electron chi connectivity index (χ2n) is 6.55. The number of nitrogens with zero attached hydrogens (tertiary/aromatic N) is 1. The summed E-state index contributed by atoms with van der Waals surface area (Å²) in [6, 6.07) is 0.364. The highest BCUT2D eigenvalue weighted by Crippen LogP contribution is 2.22. The lowest BCUT2D eigenvalue weighted by Crippen LogP contribution is -2.43. The molecule has 0 bridgehead atoms. The first kappa shape index (κ1) is 14.2. The Kier molecular flexibility index (Phi) is 4.02. The number of amides is 2. The third kappa shape index (κ3) is 3.85. The standard InChI is InChI=1S/C14H24N2O3/c1-14(2,3)19-13(18)16-8-7-10(9-16)12(17)15-11-5-4-6-11/h10-11H,4-9H2,1-3H3,(H,15,17). The second-order valence-corrected chi connectivity index (χ2v) is 6.55. The number of hydrogen-bond donors (Lipinski definition) is 1. The molecule has 0 aromatic rings. The van der Waals surface area contributed by atoms with Crippen LogP contribution in [0.3, 0.4) is 0 Å². The van der Waals surface area contributed by atoms with Gasteiger partial charge < -0.3 is 15.0 Å². The van der Waals surface area contributed by atoms with E-state index in [-0.39, 0.29) is 17.9 Å². The minimum Gasteiger partial charge on any atom is -0.444 e. The molecule has 5 heteroatoms. The number of ether oxygens (including phenoxy) is 1. The van der Waals surface area contributed by atoms with Gasteiger partial charge in [0.1, 0.15) is 5.60 Å². The van der Waals surface area contributed by atoms with Gasteiger partial charge in [-0.15, -0.1) is 0 Å². The number of likely N-dealkylation sites (tertiary alicyclic amines) is 1. The molecule has 0 aromatic heterocycles. The zero-order chi connectivity index (χ0) is 14.0. The van der Waals surface area contributed by atoms with Crippen LogP contribution in [0.2, 0.25) is 0 Å². The third-order valence-electron chi connectivity index (χ3n) is 3.66. The fraction of sp³-hybridized carbons (Fsp3) is 0.857. The Balaban J connectivity index is 1.78. The lowest BCUT2D eigenvalue weighted by Gasteiger charge is -2.28. The zero-order valence-corrected chi connectivity index (χ0v) is 12.1. The summed E-state index contributed by atoms with van der Waals surface area (Å²) in [4.78, 5) is 25.5. The first-order chi connectivity index (χ1) is 8.85. The molecule has 1 heterocycles. The first-order valence-electron chi connectivity index (χ1n) is 7.13. The summed E-state index contributed by atoms with van der Waals surface area (Å²) in [5.41, 5.74) is -0.483. The highest BCUT2D eigenvalue weighted by molar-refractivity contribution is 5.81. The first-order valence-corrected chi connectivity index (χ1v) is 7.13. The van der Waals surface area contributed by atoms with E-state index in [4.69, 9.17) is 4.74 Å². The predicted octanol–water partition coefficient (Wildman–Crippen LogP) is 1.91. The van der Waals surface area contributed by atoms with Gasteiger partial charge in [-0.05, 0) is 46.5 Å². The van der Waals surface area contributed by atoms with Crippen LogP contribution in [-0.4, -0.2) is 41.6 Å². The van der Waals surface area contributed by atoms with Crippen molar-refractivity contribution in [3.05, 3.63) is 0 Å². The normalized spacial score (nSPS) is 23.9. The van der Waals surface area contributed by atoms with E-state index in [0.717, 1.165) is 19.3 Å². The maximum absolute atomic E-state index is 12.0. The van der Waals surface area contributed by atoms with Gasteiger partial charge in [0.05, 0.1) is 5.92 Å². The van der Waals surface area contributed by atoms with E-state index in [1.807, 2.05) is 20.8 Å². The fourth-order valence-electron chi connectivity index (χ4n) is 2.34. The molecular weight excluding hydrogens is 244 g/mol. The maximum atomic E-state index is 12.0. The van der Waals surface area contributed by atoms with Crippen LogP contribution in [0.25, 0.3) is 0 Å². The summed E-state index contributed by atoms with van der Waals surface area (Å²) in [6.45, 7) is 6.64. The lowest BCUT2D eigenvalue weighted by molar-refractivity contribution is -0.125. The number of rotatable bonds is 2. The summed E-state index contributed by atoms with van der Waals surface area (Å²) in [6.07, 6.45) is 3.81. The molecule has 19 heavy (non-hydrogen) atoms. The third-order valence-corrected chi connectivity index (χ3v) is 3.66. The van der Waals surface area contributed by atoms with E-state index in [0.29, 0.717) is 19.1 Å². The van der Waals surface area contributed by atoms with Crippen molar-refractivity contribution in [2.45, 2.75) is 58.1 Å². The van der Waals surface area contributed by atoms with Crippen molar-refractivity contribution in [1.82, 2.24) is 10.2 Å². The van der Waals surface area contributed by atoms with Crippen LogP contribution in [-0.2, 0) is 9.53 Å². The molecule has 2 aliphatic rings. The molecule has 0 spiro atoms. The van der Waals surface area contributed by atoms with Crippen molar-refractivity contribution in [3.63, 3.8) is 0 Å². The van der Waals surface area contributed by atoms with Gasteiger partial charge in [-0.2, -0.15) is 0 Å². The van der Waals surface area contributed by atoms with Crippen LogP contribution in [0.1, 0.15) is 46.5 Å². The molecule has 0 aromatic carbocycles. The summed E-state index contributed by atoms with van der Waals surface area (Å²) in [5.74, 6) is 0.0175. The van der Waals surface area contributed by atoms with E-state index >= 15 is 0 Å². The molecular formula is C14H24N2O3. The van der Waals surface area contributed by atoms with E-state index in [9.17, 15) is 9.59 Å². The molecule has 108 valence electrons. The Labute approximate surface area is 114 Å². The van der Waals surface area contributed by atoms with Crippen LogP contribution in [0, 0.1) is 5.92 Å². The molecule has 2 fully saturated rings. The highest BCUT2D eigenvalue weighted by atomic mass is 16.6. The van der Waals surface area contributed by atoms with Gasteiger partial charge in [0, 0.05) is 19.1 Å². The Bertz CT molecular complexity index is 358. The topological polar surface area (TPSA) is 58.6 Å². The summed E-state index contributed by atoms with van der Waals surface area (Å²) < 4.78 is 5.32. The van der Waals surface area contributed by atoms with Crippen molar-refractivity contribution in [2.75, 3.05) is 13.1 Å². The molecule has 5 nitrogen and oxygen atoms in total. The Morgan fingerprint density at radius 3 is 2.42 bits per heavy atom. The van der Waals surface area contributed by atoms with Crippen molar-refractivity contribution >= 4 is 12.0 Å². The minimum atomic E-state index is -0.483. The SMILES string of the molecule is CC(C)(C)OC(=O)N1CCC(C(=O)NC2CCC2)C1. The van der Waals surface area contributed by atoms with E-state index in [1.54, 1.807) is 4.90 Å².